The molecule has 0 aliphatic heterocycles. The van der Waals surface area contributed by atoms with Crippen molar-refractivity contribution in [1.82, 2.24) is 5.32 Å². The summed E-state index contributed by atoms with van der Waals surface area (Å²) in [4.78, 5) is 0. The van der Waals surface area contributed by atoms with E-state index in [4.69, 9.17) is 4.74 Å². The molecule has 1 unspecified atom stereocenters. The van der Waals surface area contributed by atoms with Crippen LogP contribution in [0.5, 0.6) is 0 Å². The zero-order valence-electron chi connectivity index (χ0n) is 13.7. The van der Waals surface area contributed by atoms with Crippen molar-refractivity contribution in [2.45, 2.75) is 57.9 Å². The summed E-state index contributed by atoms with van der Waals surface area (Å²) in [5.74, 6) is 0.803. The molecule has 0 bridgehead atoms. The van der Waals surface area contributed by atoms with Crippen LogP contribution in [0.1, 0.15) is 62.6 Å². The second-order valence-corrected chi connectivity index (χ2v) is 6.27. The number of hydrogen-bond acceptors (Lipinski definition) is 2. The first-order chi connectivity index (χ1) is 10.3. The maximum absolute atomic E-state index is 5.16. The zero-order valence-corrected chi connectivity index (χ0v) is 13.7. The van der Waals surface area contributed by atoms with E-state index in [-0.39, 0.29) is 0 Å². The Bertz CT molecular complexity index is 379. The molecule has 0 heterocycles. The van der Waals surface area contributed by atoms with Gasteiger partial charge in [0.25, 0.3) is 0 Å². The fourth-order valence-corrected chi connectivity index (χ4v) is 3.53. The lowest BCUT2D eigenvalue weighted by Gasteiger charge is -2.27. The average molecular weight is 289 g/mol. The Morgan fingerprint density at radius 3 is 2.33 bits per heavy atom. The molecule has 0 spiro atoms. The molecule has 118 valence electrons. The number of rotatable bonds is 7. The van der Waals surface area contributed by atoms with Gasteiger partial charge in [0, 0.05) is 13.2 Å². The quantitative estimate of drug-likeness (QED) is 0.746. The minimum absolute atomic E-state index is 0.532. The van der Waals surface area contributed by atoms with Crippen molar-refractivity contribution in [3.8, 4) is 0 Å². The van der Waals surface area contributed by atoms with Crippen LogP contribution in [0.25, 0.3) is 0 Å². The van der Waals surface area contributed by atoms with Gasteiger partial charge in [0.2, 0.25) is 0 Å². The van der Waals surface area contributed by atoms with E-state index in [9.17, 15) is 0 Å². The standard InChI is InChI=1S/C19H31NO/c1-3-20-19(17-8-6-4-5-7-9-17)18-12-10-16(11-13-18)14-15-21-2/h10-13,17,19-20H,3-9,14-15H2,1-2H3. The SMILES string of the molecule is CCNC(c1ccc(CCOC)cc1)C1CCCCCC1. The van der Waals surface area contributed by atoms with Gasteiger partial charge in [-0.25, -0.2) is 0 Å². The van der Waals surface area contributed by atoms with Crippen LogP contribution in [-0.2, 0) is 11.2 Å². The van der Waals surface area contributed by atoms with Gasteiger partial charge >= 0.3 is 0 Å². The summed E-state index contributed by atoms with van der Waals surface area (Å²) in [5.41, 5.74) is 2.83. The summed E-state index contributed by atoms with van der Waals surface area (Å²) in [7, 11) is 1.77. The Morgan fingerprint density at radius 2 is 1.76 bits per heavy atom. The molecular formula is C19H31NO. The molecule has 1 N–H and O–H groups in total. The fourth-order valence-electron chi connectivity index (χ4n) is 3.53. The number of ether oxygens (including phenoxy) is 1. The Morgan fingerprint density at radius 1 is 1.10 bits per heavy atom. The van der Waals surface area contributed by atoms with Gasteiger partial charge in [-0.2, -0.15) is 0 Å². The van der Waals surface area contributed by atoms with Gasteiger partial charge in [0.1, 0.15) is 0 Å². The molecule has 1 fully saturated rings. The first kappa shape index (κ1) is 16.5. The van der Waals surface area contributed by atoms with Crippen LogP contribution in [-0.4, -0.2) is 20.3 Å². The smallest absolute Gasteiger partial charge is 0.0502 e. The lowest BCUT2D eigenvalue weighted by Crippen LogP contribution is -2.28. The van der Waals surface area contributed by atoms with E-state index in [1.54, 1.807) is 7.11 Å². The van der Waals surface area contributed by atoms with Crippen LogP contribution in [0.15, 0.2) is 24.3 Å². The van der Waals surface area contributed by atoms with E-state index in [0.717, 1.165) is 25.5 Å². The van der Waals surface area contributed by atoms with E-state index in [1.165, 1.54) is 49.7 Å². The lowest BCUT2D eigenvalue weighted by molar-refractivity contribution is 0.202. The number of benzene rings is 1. The van der Waals surface area contributed by atoms with Crippen LogP contribution >= 0.6 is 0 Å². The maximum Gasteiger partial charge on any atom is 0.0502 e. The van der Waals surface area contributed by atoms with Crippen LogP contribution in [0.4, 0.5) is 0 Å². The van der Waals surface area contributed by atoms with Crippen LogP contribution < -0.4 is 5.32 Å². The minimum atomic E-state index is 0.532. The van der Waals surface area contributed by atoms with Crippen molar-refractivity contribution in [3.63, 3.8) is 0 Å². The van der Waals surface area contributed by atoms with Crippen LogP contribution in [0.3, 0.4) is 0 Å². The number of hydrogen-bond donors (Lipinski definition) is 1. The highest BCUT2D eigenvalue weighted by Crippen LogP contribution is 2.33. The molecule has 1 aromatic rings. The highest BCUT2D eigenvalue weighted by molar-refractivity contribution is 5.26. The molecule has 1 saturated carbocycles. The summed E-state index contributed by atoms with van der Waals surface area (Å²) in [6, 6.07) is 9.72. The third-order valence-electron chi connectivity index (χ3n) is 4.73. The third kappa shape index (κ3) is 5.12. The van der Waals surface area contributed by atoms with Crippen molar-refractivity contribution in [3.05, 3.63) is 35.4 Å². The average Bonchev–Trinajstić information content (AvgIpc) is 2.80. The summed E-state index contributed by atoms with van der Waals surface area (Å²) in [6.45, 7) is 4.07. The highest BCUT2D eigenvalue weighted by atomic mass is 16.5. The minimum Gasteiger partial charge on any atom is -0.384 e. The molecule has 1 aromatic carbocycles. The summed E-state index contributed by atoms with van der Waals surface area (Å²) in [6.07, 6.45) is 9.41. The maximum atomic E-state index is 5.16. The molecule has 0 saturated heterocycles. The van der Waals surface area contributed by atoms with Gasteiger partial charge < -0.3 is 10.1 Å². The summed E-state index contributed by atoms with van der Waals surface area (Å²) in [5, 5.41) is 3.73. The zero-order chi connectivity index (χ0) is 14.9. The molecule has 1 atom stereocenters. The van der Waals surface area contributed by atoms with Crippen LogP contribution in [0, 0.1) is 5.92 Å². The Kier molecular flexibility index (Phi) is 7.25. The van der Waals surface area contributed by atoms with Crippen LogP contribution in [0.2, 0.25) is 0 Å². The van der Waals surface area contributed by atoms with Crippen molar-refractivity contribution in [2.75, 3.05) is 20.3 Å². The molecule has 0 amide bonds. The summed E-state index contributed by atoms with van der Waals surface area (Å²) >= 11 is 0. The first-order valence-electron chi connectivity index (χ1n) is 8.66. The topological polar surface area (TPSA) is 21.3 Å². The predicted octanol–water partition coefficient (Wildman–Crippen LogP) is 4.50. The largest absolute Gasteiger partial charge is 0.384 e. The van der Waals surface area contributed by atoms with Gasteiger partial charge in [-0.05, 0) is 42.9 Å². The molecule has 1 aliphatic carbocycles. The highest BCUT2D eigenvalue weighted by Gasteiger charge is 2.23. The Balaban J connectivity index is 2.05. The molecule has 1 aliphatic rings. The van der Waals surface area contributed by atoms with Gasteiger partial charge in [0.05, 0.1) is 6.61 Å². The molecular weight excluding hydrogens is 258 g/mol. The van der Waals surface area contributed by atoms with E-state index >= 15 is 0 Å². The molecule has 2 nitrogen and oxygen atoms in total. The Hall–Kier alpha value is -0.860. The van der Waals surface area contributed by atoms with Crippen molar-refractivity contribution in [2.24, 2.45) is 5.92 Å². The molecule has 2 rings (SSSR count). The summed E-state index contributed by atoms with van der Waals surface area (Å²) < 4.78 is 5.16. The van der Waals surface area contributed by atoms with Gasteiger partial charge in [-0.15, -0.1) is 0 Å². The first-order valence-corrected chi connectivity index (χ1v) is 8.66. The number of nitrogens with one attached hydrogen (secondary N) is 1. The number of methoxy groups -OCH3 is 1. The normalized spacial score (nSPS) is 18.4. The second kappa shape index (κ2) is 9.22. The molecule has 2 heteroatoms. The van der Waals surface area contributed by atoms with E-state index in [1.807, 2.05) is 0 Å². The lowest BCUT2D eigenvalue weighted by atomic mass is 9.86. The van der Waals surface area contributed by atoms with Crippen molar-refractivity contribution < 1.29 is 4.74 Å². The fraction of sp³-hybridized carbons (Fsp3) is 0.684. The molecule has 21 heavy (non-hydrogen) atoms. The monoisotopic (exact) mass is 289 g/mol. The third-order valence-corrected chi connectivity index (χ3v) is 4.73. The van der Waals surface area contributed by atoms with E-state index in [2.05, 4.69) is 36.5 Å². The van der Waals surface area contributed by atoms with Gasteiger partial charge in [-0.3, -0.25) is 0 Å². The van der Waals surface area contributed by atoms with E-state index in [0.29, 0.717) is 6.04 Å². The molecule has 0 aromatic heterocycles. The van der Waals surface area contributed by atoms with E-state index < -0.39 is 0 Å². The van der Waals surface area contributed by atoms with Crippen molar-refractivity contribution in [1.29, 1.82) is 0 Å². The van der Waals surface area contributed by atoms with Crippen molar-refractivity contribution >= 4 is 0 Å². The Labute approximate surface area is 130 Å². The second-order valence-electron chi connectivity index (χ2n) is 6.27. The van der Waals surface area contributed by atoms with Gasteiger partial charge in [-0.1, -0.05) is 56.9 Å². The van der Waals surface area contributed by atoms with Gasteiger partial charge in [0.15, 0.2) is 0 Å². The molecule has 0 radical (unpaired) electrons. The predicted molar refractivity (Wildman–Crippen MR) is 89.6 cm³/mol.